The number of carboxylic acid groups (broad SMARTS) is 1. The van der Waals surface area contributed by atoms with Gasteiger partial charge in [-0.3, -0.25) is 4.72 Å². The largest absolute Gasteiger partial charge is 0.475 e. The summed E-state index contributed by atoms with van der Waals surface area (Å²) >= 11 is 1.12. The van der Waals surface area contributed by atoms with E-state index in [4.69, 9.17) is 9.52 Å². The number of nitrogens with one attached hydrogen (secondary N) is 1. The molecular weight excluding hydrogens is 280 g/mol. The molecular formula is C9H8N2O5S2. The summed E-state index contributed by atoms with van der Waals surface area (Å²) in [6.07, 6.45) is 1.45. The number of aromatic nitrogens is 1. The predicted octanol–water partition coefficient (Wildman–Crippen LogP) is 1.54. The summed E-state index contributed by atoms with van der Waals surface area (Å²) in [5.41, 5.74) is 0. The van der Waals surface area contributed by atoms with Gasteiger partial charge in [0.05, 0.1) is 0 Å². The molecule has 0 saturated heterocycles. The Morgan fingerprint density at radius 2 is 2.28 bits per heavy atom. The maximum Gasteiger partial charge on any atom is 0.371 e. The third-order valence-electron chi connectivity index (χ3n) is 2.03. The lowest BCUT2D eigenvalue weighted by atomic mass is 10.4. The number of aromatic carboxylic acids is 1. The highest BCUT2D eigenvalue weighted by atomic mass is 32.2. The van der Waals surface area contributed by atoms with E-state index < -0.39 is 21.8 Å². The first kappa shape index (κ1) is 12.6. The van der Waals surface area contributed by atoms with Crippen LogP contribution in [0.4, 0.5) is 5.13 Å². The van der Waals surface area contributed by atoms with Crippen LogP contribution in [0.3, 0.4) is 0 Å². The topological polar surface area (TPSA) is 109 Å². The van der Waals surface area contributed by atoms with Crippen molar-refractivity contribution < 1.29 is 22.7 Å². The Hall–Kier alpha value is -1.87. The molecule has 0 aliphatic heterocycles. The lowest BCUT2D eigenvalue weighted by Gasteiger charge is -2.02. The van der Waals surface area contributed by atoms with Crippen molar-refractivity contribution >= 4 is 32.5 Å². The molecule has 2 rings (SSSR count). The van der Waals surface area contributed by atoms with E-state index in [2.05, 4.69) is 9.71 Å². The van der Waals surface area contributed by atoms with Crippen LogP contribution in [0.15, 0.2) is 27.0 Å². The number of hydrogen-bond acceptors (Lipinski definition) is 6. The second-order valence-electron chi connectivity index (χ2n) is 3.28. The first-order valence-electron chi connectivity index (χ1n) is 4.66. The second-order valence-corrected chi connectivity index (χ2v) is 5.82. The molecule has 0 fully saturated rings. The third-order valence-corrected chi connectivity index (χ3v) is 4.29. The Morgan fingerprint density at radius 3 is 2.78 bits per heavy atom. The highest BCUT2D eigenvalue weighted by Gasteiger charge is 2.24. The zero-order valence-electron chi connectivity index (χ0n) is 9.08. The van der Waals surface area contributed by atoms with Crippen LogP contribution >= 0.6 is 11.3 Å². The number of carboxylic acids is 1. The van der Waals surface area contributed by atoms with Crippen LogP contribution in [0.25, 0.3) is 0 Å². The first-order valence-corrected chi connectivity index (χ1v) is 7.02. The average molecular weight is 288 g/mol. The maximum atomic E-state index is 12.0. The second kappa shape index (κ2) is 4.42. The van der Waals surface area contributed by atoms with E-state index in [-0.39, 0.29) is 15.8 Å². The molecule has 2 aromatic heterocycles. The molecule has 0 unspecified atom stereocenters. The molecule has 0 saturated carbocycles. The molecule has 2 heterocycles. The molecule has 7 nitrogen and oxygen atoms in total. The fraction of sp³-hybridized carbons (Fsp3) is 0.111. The number of thiazole rings is 1. The predicted molar refractivity (Wildman–Crippen MR) is 63.3 cm³/mol. The van der Waals surface area contributed by atoms with E-state index in [1.165, 1.54) is 13.1 Å². The number of furan rings is 1. The molecule has 0 bridgehead atoms. The van der Waals surface area contributed by atoms with Gasteiger partial charge in [-0.15, -0.1) is 11.3 Å². The summed E-state index contributed by atoms with van der Waals surface area (Å²) in [6, 6.07) is 0.966. The normalized spacial score (nSPS) is 11.4. The van der Waals surface area contributed by atoms with Gasteiger partial charge in [0.15, 0.2) is 5.13 Å². The molecule has 0 radical (unpaired) electrons. The lowest BCUT2D eigenvalue weighted by molar-refractivity contribution is 0.0661. The number of nitrogens with zero attached hydrogens (tertiary/aromatic N) is 1. The molecule has 9 heteroatoms. The van der Waals surface area contributed by atoms with Crippen molar-refractivity contribution in [3.63, 3.8) is 0 Å². The number of aryl methyl sites for hydroxylation is 1. The van der Waals surface area contributed by atoms with Crippen molar-refractivity contribution in [2.24, 2.45) is 0 Å². The third kappa shape index (κ3) is 2.36. The van der Waals surface area contributed by atoms with Crippen molar-refractivity contribution in [2.75, 3.05) is 4.72 Å². The van der Waals surface area contributed by atoms with Gasteiger partial charge in [0.25, 0.3) is 10.0 Å². The van der Waals surface area contributed by atoms with E-state index >= 15 is 0 Å². The Morgan fingerprint density at radius 1 is 1.56 bits per heavy atom. The molecule has 96 valence electrons. The van der Waals surface area contributed by atoms with Crippen LogP contribution in [-0.2, 0) is 10.0 Å². The molecule has 0 atom stereocenters. The number of hydrogen-bond donors (Lipinski definition) is 2. The standard InChI is InChI=1S/C9H8N2O5S2/c1-5-7(4-6(16-5)8(12)13)18(14,15)11-9-10-2-3-17-9/h2-4H,1H3,(H,10,11)(H,12,13). The van der Waals surface area contributed by atoms with Crippen LogP contribution in [0.1, 0.15) is 16.3 Å². The van der Waals surface area contributed by atoms with Crippen molar-refractivity contribution in [1.29, 1.82) is 0 Å². The van der Waals surface area contributed by atoms with Gasteiger partial charge in [0.2, 0.25) is 5.76 Å². The zero-order valence-corrected chi connectivity index (χ0v) is 10.7. The Balaban J connectivity index is 2.38. The van der Waals surface area contributed by atoms with Crippen LogP contribution in [0.2, 0.25) is 0 Å². The quantitative estimate of drug-likeness (QED) is 0.883. The molecule has 0 amide bonds. The molecule has 2 aromatic rings. The summed E-state index contributed by atoms with van der Waals surface area (Å²) in [5, 5.41) is 10.5. The summed E-state index contributed by atoms with van der Waals surface area (Å²) in [4.78, 5) is 14.3. The van der Waals surface area contributed by atoms with Gasteiger partial charge in [-0.1, -0.05) is 0 Å². The summed E-state index contributed by atoms with van der Waals surface area (Å²) in [7, 11) is -3.89. The number of rotatable bonds is 4. The fourth-order valence-corrected chi connectivity index (χ4v) is 3.25. The molecule has 18 heavy (non-hydrogen) atoms. The Labute approximate surface area is 106 Å². The molecule has 0 aliphatic rings. The Bertz CT molecular complexity index is 672. The minimum absolute atomic E-state index is 0.0106. The van der Waals surface area contributed by atoms with Gasteiger partial charge in [-0.25, -0.2) is 18.2 Å². The highest BCUT2D eigenvalue weighted by molar-refractivity contribution is 7.93. The van der Waals surface area contributed by atoms with E-state index in [1.807, 2.05) is 0 Å². The molecule has 2 N–H and O–H groups in total. The van der Waals surface area contributed by atoms with Gasteiger partial charge >= 0.3 is 5.97 Å². The number of carbonyl (C=O) groups is 1. The van der Waals surface area contributed by atoms with Crippen molar-refractivity contribution in [3.05, 3.63) is 29.2 Å². The number of sulfonamides is 1. The van der Waals surface area contributed by atoms with Crippen molar-refractivity contribution in [3.8, 4) is 0 Å². The van der Waals surface area contributed by atoms with Gasteiger partial charge in [-0.05, 0) is 6.92 Å². The van der Waals surface area contributed by atoms with Crippen molar-refractivity contribution in [1.82, 2.24) is 4.98 Å². The smallest absolute Gasteiger partial charge is 0.371 e. The van der Waals surface area contributed by atoms with Gasteiger partial charge in [-0.2, -0.15) is 0 Å². The molecule has 0 aliphatic carbocycles. The first-order chi connectivity index (χ1) is 8.40. The van der Waals surface area contributed by atoms with Gasteiger partial charge in [0.1, 0.15) is 10.7 Å². The SMILES string of the molecule is Cc1oc(C(=O)O)cc1S(=O)(=O)Nc1nccs1. The Kier molecular flexibility index (Phi) is 3.09. The minimum atomic E-state index is -3.89. The number of anilines is 1. The summed E-state index contributed by atoms with van der Waals surface area (Å²) < 4.78 is 31.0. The van der Waals surface area contributed by atoms with Crippen LogP contribution in [-0.4, -0.2) is 24.5 Å². The molecule has 0 aromatic carbocycles. The van der Waals surface area contributed by atoms with Gasteiger partial charge < -0.3 is 9.52 Å². The molecule has 0 spiro atoms. The van der Waals surface area contributed by atoms with Crippen LogP contribution in [0.5, 0.6) is 0 Å². The summed E-state index contributed by atoms with van der Waals surface area (Å²) in [6.45, 7) is 1.38. The van der Waals surface area contributed by atoms with E-state index in [0.29, 0.717) is 0 Å². The minimum Gasteiger partial charge on any atom is -0.475 e. The van der Waals surface area contributed by atoms with Crippen molar-refractivity contribution in [2.45, 2.75) is 11.8 Å². The maximum absolute atomic E-state index is 12.0. The zero-order chi connectivity index (χ0) is 13.3. The van der Waals surface area contributed by atoms with Crippen LogP contribution < -0.4 is 4.72 Å². The van der Waals surface area contributed by atoms with E-state index in [1.54, 1.807) is 5.38 Å². The monoisotopic (exact) mass is 288 g/mol. The van der Waals surface area contributed by atoms with E-state index in [9.17, 15) is 13.2 Å². The van der Waals surface area contributed by atoms with E-state index in [0.717, 1.165) is 17.4 Å². The van der Waals surface area contributed by atoms with Crippen LogP contribution in [0, 0.1) is 6.92 Å². The summed E-state index contributed by atoms with van der Waals surface area (Å²) in [5.74, 6) is -1.74. The van der Waals surface area contributed by atoms with Gasteiger partial charge in [0, 0.05) is 17.6 Å². The highest BCUT2D eigenvalue weighted by Crippen LogP contribution is 2.23. The average Bonchev–Trinajstić information content (AvgIpc) is 2.86. The lowest BCUT2D eigenvalue weighted by Crippen LogP contribution is -2.12. The fourth-order valence-electron chi connectivity index (χ4n) is 1.28.